The molecule has 21 heavy (non-hydrogen) atoms. The van der Waals surface area contributed by atoms with Gasteiger partial charge in [-0.15, -0.1) is 0 Å². The van der Waals surface area contributed by atoms with Crippen molar-refractivity contribution in [3.8, 4) is 0 Å². The van der Waals surface area contributed by atoms with E-state index in [9.17, 15) is 4.79 Å². The van der Waals surface area contributed by atoms with E-state index < -0.39 is 0 Å². The number of hydrogen-bond acceptors (Lipinski definition) is 3. The Bertz CT molecular complexity index is 712. The number of rotatable bonds is 5. The molecular weight excluding hydrogens is 354 g/mol. The first kappa shape index (κ1) is 14.6. The van der Waals surface area contributed by atoms with Crippen molar-refractivity contribution < 1.29 is 0 Å². The number of benzene rings is 1. The molecule has 1 aliphatic carbocycles. The van der Waals surface area contributed by atoms with Crippen molar-refractivity contribution in [2.45, 2.75) is 19.4 Å². The summed E-state index contributed by atoms with van der Waals surface area (Å²) < 4.78 is 2.33. The maximum Gasteiger partial charge on any atom is 0.269 e. The third-order valence-corrected chi connectivity index (χ3v) is 4.34. The fourth-order valence-electron chi connectivity index (χ4n) is 2.04. The van der Waals surface area contributed by atoms with Crippen molar-refractivity contribution in [3.05, 3.63) is 55.9 Å². The molecule has 3 rings (SSSR count). The normalized spacial score (nSPS) is 14.2. The molecule has 1 aromatic heterocycles. The van der Waals surface area contributed by atoms with E-state index in [0.717, 1.165) is 28.2 Å². The predicted octanol–water partition coefficient (Wildman–Crippen LogP) is 3.53. The van der Waals surface area contributed by atoms with Crippen LogP contribution in [0.3, 0.4) is 0 Å². The summed E-state index contributed by atoms with van der Waals surface area (Å²) in [5, 5.41) is 8.08. The molecule has 1 heterocycles. The molecule has 6 heteroatoms. The molecule has 0 unspecified atom stereocenters. The molecule has 0 radical (unpaired) electrons. The molecule has 1 N–H and O–H groups in total. The van der Waals surface area contributed by atoms with Gasteiger partial charge < -0.3 is 5.32 Å². The molecule has 0 aliphatic heterocycles. The Kier molecular flexibility index (Phi) is 4.31. The van der Waals surface area contributed by atoms with Crippen LogP contribution in [0.1, 0.15) is 18.4 Å². The van der Waals surface area contributed by atoms with Crippen LogP contribution in [0, 0.1) is 5.92 Å². The van der Waals surface area contributed by atoms with Crippen LogP contribution in [-0.4, -0.2) is 16.3 Å². The van der Waals surface area contributed by atoms with Crippen molar-refractivity contribution in [2.75, 3.05) is 11.9 Å². The van der Waals surface area contributed by atoms with Crippen molar-refractivity contribution in [1.82, 2.24) is 9.78 Å². The number of anilines is 1. The lowest BCUT2D eigenvalue weighted by Gasteiger charge is -2.09. The van der Waals surface area contributed by atoms with E-state index in [-0.39, 0.29) is 5.56 Å². The Balaban J connectivity index is 1.74. The fourth-order valence-corrected chi connectivity index (χ4v) is 2.78. The lowest BCUT2D eigenvalue weighted by Crippen LogP contribution is -2.23. The SMILES string of the molecule is O=c1cc(NCC2CC2)cnn1Cc1ccc(Br)cc1Cl. The monoisotopic (exact) mass is 367 g/mol. The molecule has 2 aromatic rings. The molecule has 1 saturated carbocycles. The Hall–Kier alpha value is -1.33. The van der Waals surface area contributed by atoms with E-state index in [4.69, 9.17) is 11.6 Å². The van der Waals surface area contributed by atoms with Gasteiger partial charge in [0, 0.05) is 22.1 Å². The highest BCUT2D eigenvalue weighted by molar-refractivity contribution is 9.10. The first-order valence-electron chi connectivity index (χ1n) is 6.87. The van der Waals surface area contributed by atoms with E-state index in [1.54, 1.807) is 12.3 Å². The van der Waals surface area contributed by atoms with Crippen LogP contribution in [0.4, 0.5) is 5.69 Å². The van der Waals surface area contributed by atoms with Gasteiger partial charge in [-0.2, -0.15) is 5.10 Å². The van der Waals surface area contributed by atoms with Gasteiger partial charge in [0.1, 0.15) is 0 Å². The van der Waals surface area contributed by atoms with E-state index in [1.165, 1.54) is 17.5 Å². The van der Waals surface area contributed by atoms with Gasteiger partial charge in [-0.25, -0.2) is 4.68 Å². The van der Waals surface area contributed by atoms with Gasteiger partial charge >= 0.3 is 0 Å². The quantitative estimate of drug-likeness (QED) is 0.878. The Morgan fingerprint density at radius 3 is 2.86 bits per heavy atom. The van der Waals surface area contributed by atoms with E-state index >= 15 is 0 Å². The number of aromatic nitrogens is 2. The lowest BCUT2D eigenvalue weighted by atomic mass is 10.2. The molecule has 1 fully saturated rings. The zero-order chi connectivity index (χ0) is 14.8. The summed E-state index contributed by atoms with van der Waals surface area (Å²) in [6.07, 6.45) is 4.25. The molecule has 0 saturated heterocycles. The minimum Gasteiger partial charge on any atom is -0.383 e. The van der Waals surface area contributed by atoms with Crippen LogP contribution in [0.5, 0.6) is 0 Å². The third-order valence-electron chi connectivity index (χ3n) is 3.50. The molecule has 0 bridgehead atoms. The lowest BCUT2D eigenvalue weighted by molar-refractivity contribution is 0.639. The van der Waals surface area contributed by atoms with Crippen LogP contribution in [0.2, 0.25) is 5.02 Å². The maximum atomic E-state index is 12.1. The first-order chi connectivity index (χ1) is 10.1. The highest BCUT2D eigenvalue weighted by atomic mass is 79.9. The van der Waals surface area contributed by atoms with E-state index in [2.05, 4.69) is 26.3 Å². The van der Waals surface area contributed by atoms with Gasteiger partial charge in [0.15, 0.2) is 0 Å². The van der Waals surface area contributed by atoms with Crippen molar-refractivity contribution in [3.63, 3.8) is 0 Å². The number of hydrogen-bond donors (Lipinski definition) is 1. The van der Waals surface area contributed by atoms with Crippen molar-refractivity contribution in [2.24, 2.45) is 5.92 Å². The standard InChI is InChI=1S/C15H15BrClN3O/c16-12-4-3-11(14(17)5-12)9-20-15(21)6-13(8-19-20)18-7-10-1-2-10/h3-6,8,10,18H,1-2,7,9H2. The minimum atomic E-state index is -0.130. The van der Waals surface area contributed by atoms with E-state index in [0.29, 0.717) is 11.6 Å². The van der Waals surface area contributed by atoms with E-state index in [1.807, 2.05) is 18.2 Å². The zero-order valence-corrected chi connectivity index (χ0v) is 13.7. The number of halogens is 2. The maximum absolute atomic E-state index is 12.1. The second kappa shape index (κ2) is 6.20. The second-order valence-corrected chi connectivity index (χ2v) is 6.62. The van der Waals surface area contributed by atoms with Gasteiger partial charge in [-0.1, -0.05) is 33.6 Å². The van der Waals surface area contributed by atoms with Crippen LogP contribution >= 0.6 is 27.5 Å². The first-order valence-corrected chi connectivity index (χ1v) is 8.04. The van der Waals surface area contributed by atoms with Crippen molar-refractivity contribution >= 4 is 33.2 Å². The third kappa shape index (κ3) is 3.86. The summed E-state index contributed by atoms with van der Waals surface area (Å²) in [7, 11) is 0. The van der Waals surface area contributed by atoms with Gasteiger partial charge in [-0.3, -0.25) is 4.79 Å². The molecule has 0 atom stereocenters. The summed E-state index contributed by atoms with van der Waals surface area (Å²) in [5.74, 6) is 0.758. The molecule has 0 amide bonds. The topological polar surface area (TPSA) is 46.9 Å². The summed E-state index contributed by atoms with van der Waals surface area (Å²) >= 11 is 9.53. The highest BCUT2D eigenvalue weighted by Crippen LogP contribution is 2.28. The van der Waals surface area contributed by atoms with Crippen molar-refractivity contribution in [1.29, 1.82) is 0 Å². The second-order valence-electron chi connectivity index (χ2n) is 5.30. The molecule has 1 aliphatic rings. The molecule has 110 valence electrons. The average molecular weight is 369 g/mol. The predicted molar refractivity (Wildman–Crippen MR) is 88.0 cm³/mol. The Morgan fingerprint density at radius 2 is 2.19 bits per heavy atom. The summed E-state index contributed by atoms with van der Waals surface area (Å²) in [4.78, 5) is 12.1. The van der Waals surface area contributed by atoms with Gasteiger partial charge in [0.25, 0.3) is 5.56 Å². The summed E-state index contributed by atoms with van der Waals surface area (Å²) in [6.45, 7) is 1.29. The summed E-state index contributed by atoms with van der Waals surface area (Å²) in [6, 6.07) is 7.19. The average Bonchev–Trinajstić information content (AvgIpc) is 3.26. The van der Waals surface area contributed by atoms with Crippen LogP contribution in [-0.2, 0) is 6.54 Å². The molecule has 4 nitrogen and oxygen atoms in total. The van der Waals surface area contributed by atoms with Crippen LogP contribution < -0.4 is 10.9 Å². The van der Waals surface area contributed by atoms with Crippen LogP contribution in [0.25, 0.3) is 0 Å². The fraction of sp³-hybridized carbons (Fsp3) is 0.333. The van der Waals surface area contributed by atoms with Crippen LogP contribution in [0.15, 0.2) is 39.7 Å². The Morgan fingerprint density at radius 1 is 1.38 bits per heavy atom. The van der Waals surface area contributed by atoms with Gasteiger partial charge in [0.2, 0.25) is 0 Å². The smallest absolute Gasteiger partial charge is 0.269 e. The van der Waals surface area contributed by atoms with Gasteiger partial charge in [0.05, 0.1) is 18.4 Å². The molecular formula is C15H15BrClN3O. The zero-order valence-electron chi connectivity index (χ0n) is 11.4. The highest BCUT2D eigenvalue weighted by Gasteiger charge is 2.20. The number of nitrogens with zero attached hydrogens (tertiary/aromatic N) is 2. The minimum absolute atomic E-state index is 0.130. The Labute approximate surface area is 136 Å². The van der Waals surface area contributed by atoms with Gasteiger partial charge in [-0.05, 0) is 36.5 Å². The number of nitrogens with one attached hydrogen (secondary N) is 1. The molecule has 0 spiro atoms. The molecule has 1 aromatic carbocycles. The summed E-state index contributed by atoms with van der Waals surface area (Å²) in [5.41, 5.74) is 1.52. The largest absolute Gasteiger partial charge is 0.383 e.